The Morgan fingerprint density at radius 2 is 2.11 bits per heavy atom. The van der Waals surface area contributed by atoms with Crippen molar-refractivity contribution in [3.8, 4) is 0 Å². The summed E-state index contributed by atoms with van der Waals surface area (Å²) in [6, 6.07) is 4.55. The van der Waals surface area contributed by atoms with E-state index in [1.54, 1.807) is 11.3 Å². The molecule has 3 nitrogen and oxygen atoms in total. The lowest BCUT2D eigenvalue weighted by Gasteiger charge is -2.24. The van der Waals surface area contributed by atoms with Crippen molar-refractivity contribution in [2.75, 3.05) is 7.05 Å². The summed E-state index contributed by atoms with van der Waals surface area (Å²) in [5.74, 6) is 0.203. The number of amides is 1. The first kappa shape index (κ1) is 15.2. The van der Waals surface area contributed by atoms with Gasteiger partial charge in [0.05, 0.1) is 6.04 Å². The van der Waals surface area contributed by atoms with Gasteiger partial charge in [0.1, 0.15) is 0 Å². The van der Waals surface area contributed by atoms with Crippen molar-refractivity contribution in [1.29, 1.82) is 0 Å². The van der Waals surface area contributed by atoms with Crippen molar-refractivity contribution in [2.45, 2.75) is 52.1 Å². The second-order valence-corrected chi connectivity index (χ2v) is 6.32. The minimum Gasteiger partial charge on any atom is -0.338 e. The van der Waals surface area contributed by atoms with Crippen LogP contribution in [0.1, 0.15) is 48.9 Å². The predicted molar refractivity (Wildman–Crippen MR) is 77.7 cm³/mol. The van der Waals surface area contributed by atoms with Crippen molar-refractivity contribution >= 4 is 17.2 Å². The molecule has 2 N–H and O–H groups in total. The fourth-order valence-corrected chi connectivity index (χ4v) is 2.81. The molecule has 1 aromatic heterocycles. The maximum absolute atomic E-state index is 12.0. The van der Waals surface area contributed by atoms with E-state index < -0.39 is 0 Å². The molecule has 1 heterocycles. The van der Waals surface area contributed by atoms with E-state index in [1.165, 1.54) is 9.75 Å². The van der Waals surface area contributed by atoms with Crippen LogP contribution in [-0.4, -0.2) is 23.9 Å². The largest absolute Gasteiger partial charge is 0.338 e. The number of carbonyl (C=O) groups is 1. The van der Waals surface area contributed by atoms with E-state index in [0.717, 1.165) is 12.8 Å². The number of hydrogen-bond donors (Lipinski definition) is 1. The fraction of sp³-hybridized carbons (Fsp3) is 0.643. The van der Waals surface area contributed by atoms with Crippen LogP contribution in [0.4, 0.5) is 0 Å². The molecule has 0 aliphatic carbocycles. The first-order valence-corrected chi connectivity index (χ1v) is 7.31. The zero-order chi connectivity index (χ0) is 13.7. The number of aryl methyl sites for hydroxylation is 1. The molecule has 0 saturated heterocycles. The van der Waals surface area contributed by atoms with Crippen LogP contribution in [0.25, 0.3) is 0 Å². The Balaban J connectivity index is 2.47. The number of carbonyl (C=O) groups excluding carboxylic acids is 1. The summed E-state index contributed by atoms with van der Waals surface area (Å²) < 4.78 is 0. The van der Waals surface area contributed by atoms with Crippen molar-refractivity contribution in [3.63, 3.8) is 0 Å². The second kappa shape index (κ2) is 6.90. The molecule has 18 heavy (non-hydrogen) atoms. The molecular weight excluding hydrogens is 244 g/mol. The Bertz CT molecular complexity index is 387. The van der Waals surface area contributed by atoms with Crippen molar-refractivity contribution in [3.05, 3.63) is 21.9 Å². The quantitative estimate of drug-likeness (QED) is 0.861. The number of hydrogen-bond acceptors (Lipinski definition) is 3. The van der Waals surface area contributed by atoms with E-state index in [9.17, 15) is 4.79 Å². The standard InChI is InChI=1S/C14H24N2OS/c1-10(15)6-5-7-14(17)16(4)12(3)13-9-8-11(2)18-13/h8-10,12H,5-7,15H2,1-4H3. The summed E-state index contributed by atoms with van der Waals surface area (Å²) in [5.41, 5.74) is 5.69. The van der Waals surface area contributed by atoms with Gasteiger partial charge >= 0.3 is 0 Å². The van der Waals surface area contributed by atoms with Gasteiger partial charge in [-0.3, -0.25) is 4.79 Å². The van der Waals surface area contributed by atoms with Crippen LogP contribution in [0.15, 0.2) is 12.1 Å². The Hall–Kier alpha value is -0.870. The third-order valence-electron chi connectivity index (χ3n) is 3.20. The van der Waals surface area contributed by atoms with Gasteiger partial charge in [-0.05, 0) is 45.7 Å². The Morgan fingerprint density at radius 1 is 1.44 bits per heavy atom. The van der Waals surface area contributed by atoms with Crippen LogP contribution in [0.5, 0.6) is 0 Å². The molecule has 2 unspecified atom stereocenters. The van der Waals surface area contributed by atoms with Gasteiger partial charge in [0.2, 0.25) is 5.91 Å². The van der Waals surface area contributed by atoms with E-state index in [1.807, 2.05) is 18.9 Å². The maximum atomic E-state index is 12.0. The van der Waals surface area contributed by atoms with E-state index in [2.05, 4.69) is 26.0 Å². The Morgan fingerprint density at radius 3 is 2.61 bits per heavy atom. The maximum Gasteiger partial charge on any atom is 0.222 e. The van der Waals surface area contributed by atoms with Gasteiger partial charge < -0.3 is 10.6 Å². The van der Waals surface area contributed by atoms with Gasteiger partial charge in [0, 0.05) is 29.3 Å². The highest BCUT2D eigenvalue weighted by molar-refractivity contribution is 7.12. The van der Waals surface area contributed by atoms with Crippen LogP contribution in [-0.2, 0) is 4.79 Å². The highest BCUT2D eigenvalue weighted by atomic mass is 32.1. The van der Waals surface area contributed by atoms with Gasteiger partial charge in [0.15, 0.2) is 0 Å². The number of rotatable bonds is 6. The predicted octanol–water partition coefficient (Wildman–Crippen LogP) is 3.09. The van der Waals surface area contributed by atoms with Gasteiger partial charge in [-0.2, -0.15) is 0 Å². The Kier molecular flexibility index (Phi) is 5.82. The lowest BCUT2D eigenvalue weighted by Crippen LogP contribution is -2.29. The SMILES string of the molecule is Cc1ccc(C(C)N(C)C(=O)CCCC(C)N)s1. The minimum atomic E-state index is 0.159. The monoisotopic (exact) mass is 268 g/mol. The lowest BCUT2D eigenvalue weighted by atomic mass is 10.1. The van der Waals surface area contributed by atoms with Crippen molar-refractivity contribution in [1.82, 2.24) is 4.90 Å². The molecule has 0 radical (unpaired) electrons. The van der Waals surface area contributed by atoms with E-state index in [-0.39, 0.29) is 18.0 Å². The smallest absolute Gasteiger partial charge is 0.222 e. The van der Waals surface area contributed by atoms with Gasteiger partial charge in [0.25, 0.3) is 0 Å². The molecule has 0 fully saturated rings. The molecule has 0 aromatic carbocycles. The minimum absolute atomic E-state index is 0.159. The molecule has 0 bridgehead atoms. The second-order valence-electron chi connectivity index (χ2n) is 5.00. The van der Waals surface area contributed by atoms with Crippen LogP contribution in [0.2, 0.25) is 0 Å². The fourth-order valence-electron chi connectivity index (χ4n) is 1.84. The van der Waals surface area contributed by atoms with Gasteiger partial charge in [-0.1, -0.05) is 0 Å². The molecule has 0 saturated carbocycles. The first-order chi connectivity index (χ1) is 8.41. The topological polar surface area (TPSA) is 46.3 Å². The molecule has 1 amide bonds. The molecule has 0 aliphatic rings. The van der Waals surface area contributed by atoms with Crippen molar-refractivity contribution < 1.29 is 4.79 Å². The molecular formula is C14H24N2OS. The number of thiophene rings is 1. The molecule has 102 valence electrons. The van der Waals surface area contributed by atoms with Crippen LogP contribution in [0.3, 0.4) is 0 Å². The summed E-state index contributed by atoms with van der Waals surface area (Å²) in [7, 11) is 1.88. The number of nitrogens with zero attached hydrogens (tertiary/aromatic N) is 1. The van der Waals surface area contributed by atoms with Crippen LogP contribution >= 0.6 is 11.3 Å². The normalized spacial score (nSPS) is 14.3. The zero-order valence-electron chi connectivity index (χ0n) is 11.8. The third-order valence-corrected chi connectivity index (χ3v) is 4.37. The van der Waals surface area contributed by atoms with Crippen LogP contribution in [0, 0.1) is 6.92 Å². The average molecular weight is 268 g/mol. The summed E-state index contributed by atoms with van der Waals surface area (Å²) >= 11 is 1.76. The first-order valence-electron chi connectivity index (χ1n) is 6.49. The third kappa shape index (κ3) is 4.42. The van der Waals surface area contributed by atoms with E-state index in [4.69, 9.17) is 5.73 Å². The zero-order valence-corrected chi connectivity index (χ0v) is 12.6. The molecule has 4 heteroatoms. The molecule has 2 atom stereocenters. The summed E-state index contributed by atoms with van der Waals surface area (Å²) in [6.07, 6.45) is 2.37. The van der Waals surface area contributed by atoms with Crippen LogP contribution < -0.4 is 5.73 Å². The highest BCUT2D eigenvalue weighted by Gasteiger charge is 2.18. The van der Waals surface area contributed by atoms with Gasteiger partial charge in [-0.15, -0.1) is 11.3 Å². The number of nitrogens with two attached hydrogens (primary N) is 1. The average Bonchev–Trinajstić information content (AvgIpc) is 2.73. The summed E-state index contributed by atoms with van der Waals surface area (Å²) in [6.45, 7) is 6.14. The molecule has 0 spiro atoms. The molecule has 1 aromatic rings. The molecule has 0 aliphatic heterocycles. The summed E-state index contributed by atoms with van der Waals surface area (Å²) in [5, 5.41) is 0. The Labute approximate surface area is 114 Å². The summed E-state index contributed by atoms with van der Waals surface area (Å²) in [4.78, 5) is 16.4. The van der Waals surface area contributed by atoms with Gasteiger partial charge in [-0.25, -0.2) is 0 Å². The van der Waals surface area contributed by atoms with E-state index >= 15 is 0 Å². The highest BCUT2D eigenvalue weighted by Crippen LogP contribution is 2.26. The van der Waals surface area contributed by atoms with Crippen molar-refractivity contribution in [2.24, 2.45) is 5.73 Å². The lowest BCUT2D eigenvalue weighted by molar-refractivity contribution is -0.131. The molecule has 1 rings (SSSR count). The van der Waals surface area contributed by atoms with E-state index in [0.29, 0.717) is 6.42 Å².